The van der Waals surface area contributed by atoms with Crippen LogP contribution in [0.15, 0.2) is 30.6 Å². The fraction of sp³-hybridized carbons (Fsp3) is 0.100. The van der Waals surface area contributed by atoms with Gasteiger partial charge in [0.05, 0.1) is 5.52 Å². The molecule has 0 radical (unpaired) electrons. The monoisotopic (exact) mass is 224 g/mol. The number of hydrogen-bond donors (Lipinski definition) is 1. The van der Waals surface area contributed by atoms with Gasteiger partial charge in [0.15, 0.2) is 0 Å². The zero-order valence-corrected chi connectivity index (χ0v) is 8.77. The highest BCUT2D eigenvalue weighted by Gasteiger charge is 1.96. The zero-order valence-electron chi connectivity index (χ0n) is 8.01. The van der Waals surface area contributed by atoms with Crippen LogP contribution in [0, 0.1) is 0 Å². The molecule has 2 rings (SSSR count). The average Bonchev–Trinajstić information content (AvgIpc) is 2.18. The third-order valence-corrected chi connectivity index (χ3v) is 1.80. The summed E-state index contributed by atoms with van der Waals surface area (Å²) in [6, 6.07) is 7.64. The van der Waals surface area contributed by atoms with Crippen molar-refractivity contribution in [3.8, 4) is 0 Å². The Morgan fingerprint density at radius 2 is 1.93 bits per heavy atom. The van der Waals surface area contributed by atoms with E-state index in [4.69, 9.17) is 21.5 Å². The number of para-hydroxylation sites is 1. The topological polar surface area (TPSA) is 63.1 Å². The van der Waals surface area contributed by atoms with Crippen LogP contribution in [0.1, 0.15) is 6.92 Å². The molecule has 0 saturated carbocycles. The molecule has 1 N–H and O–H groups in total. The van der Waals surface area contributed by atoms with Crippen LogP contribution in [0.4, 0.5) is 0 Å². The Morgan fingerprint density at radius 3 is 2.53 bits per heavy atom. The molecule has 0 unspecified atom stereocenters. The Hall–Kier alpha value is -1.68. The average molecular weight is 225 g/mol. The Kier molecular flexibility index (Phi) is 4.00. The smallest absolute Gasteiger partial charge is 0.300 e. The van der Waals surface area contributed by atoms with Crippen LogP contribution in [0.2, 0.25) is 5.15 Å². The number of carboxylic acid groups (broad SMARTS) is 1. The molecule has 0 amide bonds. The predicted octanol–water partition coefficient (Wildman–Crippen LogP) is 2.37. The number of rotatable bonds is 0. The summed E-state index contributed by atoms with van der Waals surface area (Å²) in [6.45, 7) is 1.08. The van der Waals surface area contributed by atoms with Crippen LogP contribution < -0.4 is 0 Å². The number of carbonyl (C=O) groups is 1. The van der Waals surface area contributed by atoms with Crippen molar-refractivity contribution >= 4 is 28.5 Å². The van der Waals surface area contributed by atoms with Crippen molar-refractivity contribution in [1.82, 2.24) is 9.97 Å². The lowest BCUT2D eigenvalue weighted by atomic mass is 10.2. The minimum Gasteiger partial charge on any atom is -0.481 e. The van der Waals surface area contributed by atoms with Gasteiger partial charge in [-0.25, -0.2) is 9.97 Å². The molecule has 1 aromatic heterocycles. The van der Waals surface area contributed by atoms with E-state index in [0.29, 0.717) is 5.15 Å². The summed E-state index contributed by atoms with van der Waals surface area (Å²) >= 11 is 5.81. The Balaban J connectivity index is 0.000000245. The predicted molar refractivity (Wildman–Crippen MR) is 57.9 cm³/mol. The molecule has 4 nitrogen and oxygen atoms in total. The summed E-state index contributed by atoms with van der Waals surface area (Å²) in [6.07, 6.45) is 1.46. The molecule has 15 heavy (non-hydrogen) atoms. The van der Waals surface area contributed by atoms with Crippen LogP contribution in [-0.4, -0.2) is 21.0 Å². The van der Waals surface area contributed by atoms with E-state index in [2.05, 4.69) is 9.97 Å². The molecule has 0 bridgehead atoms. The first-order chi connectivity index (χ1) is 7.11. The van der Waals surface area contributed by atoms with Crippen LogP contribution in [-0.2, 0) is 4.79 Å². The summed E-state index contributed by atoms with van der Waals surface area (Å²) in [7, 11) is 0. The summed E-state index contributed by atoms with van der Waals surface area (Å²) in [5.74, 6) is -0.833. The molecule has 5 heteroatoms. The summed E-state index contributed by atoms with van der Waals surface area (Å²) in [4.78, 5) is 16.9. The number of halogens is 1. The first-order valence-corrected chi connectivity index (χ1v) is 4.54. The second-order valence-electron chi connectivity index (χ2n) is 2.70. The minimum absolute atomic E-state index is 0.510. The van der Waals surface area contributed by atoms with Gasteiger partial charge in [-0.1, -0.05) is 23.7 Å². The van der Waals surface area contributed by atoms with Crippen molar-refractivity contribution in [3.63, 3.8) is 0 Å². The normalized spacial score (nSPS) is 9.20. The van der Waals surface area contributed by atoms with Crippen molar-refractivity contribution in [1.29, 1.82) is 0 Å². The largest absolute Gasteiger partial charge is 0.481 e. The van der Waals surface area contributed by atoms with E-state index in [1.807, 2.05) is 24.3 Å². The van der Waals surface area contributed by atoms with E-state index in [1.165, 1.54) is 6.33 Å². The number of hydrogen-bond acceptors (Lipinski definition) is 3. The molecule has 0 atom stereocenters. The Morgan fingerprint density at radius 1 is 1.33 bits per heavy atom. The van der Waals surface area contributed by atoms with Gasteiger partial charge in [-0.15, -0.1) is 0 Å². The quantitative estimate of drug-likeness (QED) is 0.698. The zero-order chi connectivity index (χ0) is 11.3. The summed E-state index contributed by atoms with van der Waals surface area (Å²) in [5.41, 5.74) is 0.882. The molecule has 0 aliphatic heterocycles. The molecule has 2 aromatic rings. The molecular weight excluding hydrogens is 216 g/mol. The number of benzene rings is 1. The molecule has 0 fully saturated rings. The second-order valence-corrected chi connectivity index (χ2v) is 3.06. The highest BCUT2D eigenvalue weighted by molar-refractivity contribution is 6.33. The highest BCUT2D eigenvalue weighted by Crippen LogP contribution is 2.17. The van der Waals surface area contributed by atoms with Gasteiger partial charge in [-0.05, 0) is 12.1 Å². The molecular formula is C10H9ClN2O2. The van der Waals surface area contributed by atoms with E-state index in [9.17, 15) is 0 Å². The minimum atomic E-state index is -0.833. The molecule has 1 aromatic carbocycles. The van der Waals surface area contributed by atoms with Crippen molar-refractivity contribution in [2.45, 2.75) is 6.92 Å². The fourth-order valence-electron chi connectivity index (χ4n) is 0.972. The van der Waals surface area contributed by atoms with Gasteiger partial charge in [0, 0.05) is 12.3 Å². The first-order valence-electron chi connectivity index (χ1n) is 4.16. The van der Waals surface area contributed by atoms with Gasteiger partial charge >= 0.3 is 0 Å². The molecule has 1 heterocycles. The van der Waals surface area contributed by atoms with Crippen molar-refractivity contribution in [3.05, 3.63) is 35.7 Å². The maximum atomic E-state index is 9.00. The number of nitrogens with zero attached hydrogens (tertiary/aromatic N) is 2. The fourth-order valence-corrected chi connectivity index (χ4v) is 1.18. The molecule has 78 valence electrons. The SMILES string of the molecule is CC(=O)O.Clc1ncnc2ccccc12. The summed E-state index contributed by atoms with van der Waals surface area (Å²) in [5, 5.41) is 8.83. The van der Waals surface area contributed by atoms with Crippen LogP contribution in [0.5, 0.6) is 0 Å². The van der Waals surface area contributed by atoms with E-state index < -0.39 is 5.97 Å². The molecule has 0 spiro atoms. The van der Waals surface area contributed by atoms with E-state index in [-0.39, 0.29) is 0 Å². The second kappa shape index (κ2) is 5.26. The highest BCUT2D eigenvalue weighted by atomic mass is 35.5. The van der Waals surface area contributed by atoms with Gasteiger partial charge in [-0.2, -0.15) is 0 Å². The van der Waals surface area contributed by atoms with E-state index in [1.54, 1.807) is 0 Å². The number of carboxylic acids is 1. The maximum Gasteiger partial charge on any atom is 0.300 e. The number of aliphatic carboxylic acids is 1. The van der Waals surface area contributed by atoms with Gasteiger partial charge in [0.2, 0.25) is 0 Å². The number of fused-ring (bicyclic) bond motifs is 1. The van der Waals surface area contributed by atoms with Crippen molar-refractivity contribution < 1.29 is 9.90 Å². The molecule has 0 saturated heterocycles. The van der Waals surface area contributed by atoms with Crippen LogP contribution >= 0.6 is 11.6 Å². The Bertz CT molecular complexity index is 464. The lowest BCUT2D eigenvalue weighted by Crippen LogP contribution is -1.81. The maximum absolute atomic E-state index is 9.00. The Labute approximate surface area is 91.5 Å². The third-order valence-electron chi connectivity index (χ3n) is 1.49. The van der Waals surface area contributed by atoms with Crippen molar-refractivity contribution in [2.75, 3.05) is 0 Å². The van der Waals surface area contributed by atoms with Crippen LogP contribution in [0.25, 0.3) is 10.9 Å². The van der Waals surface area contributed by atoms with E-state index in [0.717, 1.165) is 17.8 Å². The van der Waals surface area contributed by atoms with Gasteiger partial charge in [-0.3, -0.25) is 4.79 Å². The first kappa shape index (κ1) is 11.4. The van der Waals surface area contributed by atoms with Crippen molar-refractivity contribution in [2.24, 2.45) is 0 Å². The molecule has 0 aliphatic carbocycles. The lowest BCUT2D eigenvalue weighted by molar-refractivity contribution is -0.134. The third kappa shape index (κ3) is 3.52. The van der Waals surface area contributed by atoms with E-state index >= 15 is 0 Å². The lowest BCUT2D eigenvalue weighted by Gasteiger charge is -1.95. The van der Waals surface area contributed by atoms with Gasteiger partial charge in [0.25, 0.3) is 5.97 Å². The molecule has 0 aliphatic rings. The summed E-state index contributed by atoms with van der Waals surface area (Å²) < 4.78 is 0. The number of aromatic nitrogens is 2. The van der Waals surface area contributed by atoms with Gasteiger partial charge in [0.1, 0.15) is 11.5 Å². The standard InChI is InChI=1S/C8H5ClN2.C2H4O2/c9-8-6-3-1-2-4-7(6)10-5-11-8;1-2(3)4/h1-5H;1H3,(H,3,4). The van der Waals surface area contributed by atoms with Gasteiger partial charge < -0.3 is 5.11 Å². The van der Waals surface area contributed by atoms with Crippen LogP contribution in [0.3, 0.4) is 0 Å².